The van der Waals surface area contributed by atoms with Gasteiger partial charge in [0.2, 0.25) is 0 Å². The van der Waals surface area contributed by atoms with E-state index < -0.39 is 30.5 Å². The zero-order valence-corrected chi connectivity index (χ0v) is 11.3. The van der Waals surface area contributed by atoms with Crippen LogP contribution in [-0.2, 0) is 9.59 Å². The van der Waals surface area contributed by atoms with Crippen molar-refractivity contribution in [1.82, 2.24) is 10.2 Å². The number of imide groups is 1. The second-order valence-electron chi connectivity index (χ2n) is 5.02. The zero-order chi connectivity index (χ0) is 14.9. The number of carboxylic acids is 1. The highest BCUT2D eigenvalue weighted by Gasteiger charge is 2.39. The molecular formula is C14H16N2O4. The van der Waals surface area contributed by atoms with Gasteiger partial charge in [-0.3, -0.25) is 14.5 Å². The van der Waals surface area contributed by atoms with Gasteiger partial charge in [0, 0.05) is 0 Å². The first-order valence-corrected chi connectivity index (χ1v) is 6.33. The smallest absolute Gasteiger partial charge is 0.325 e. The summed E-state index contributed by atoms with van der Waals surface area (Å²) in [7, 11) is 0. The van der Waals surface area contributed by atoms with Crippen LogP contribution in [0.15, 0.2) is 24.3 Å². The summed E-state index contributed by atoms with van der Waals surface area (Å²) >= 11 is 0. The predicted molar refractivity (Wildman–Crippen MR) is 71.2 cm³/mol. The number of hydrogen-bond donors (Lipinski definition) is 2. The third-order valence-corrected chi connectivity index (χ3v) is 3.26. The lowest BCUT2D eigenvalue weighted by molar-refractivity contribution is -0.141. The average molecular weight is 276 g/mol. The molecule has 1 fully saturated rings. The maximum Gasteiger partial charge on any atom is 0.325 e. The molecule has 0 saturated carbocycles. The summed E-state index contributed by atoms with van der Waals surface area (Å²) in [6.07, 6.45) is 0. The van der Waals surface area contributed by atoms with Gasteiger partial charge in [0.1, 0.15) is 12.6 Å². The summed E-state index contributed by atoms with van der Waals surface area (Å²) in [6.45, 7) is 3.50. The molecule has 6 heteroatoms. The number of urea groups is 1. The average Bonchev–Trinajstić information content (AvgIpc) is 2.66. The molecule has 0 bridgehead atoms. The molecule has 1 aliphatic rings. The fourth-order valence-corrected chi connectivity index (χ4v) is 2.10. The topological polar surface area (TPSA) is 86.7 Å². The zero-order valence-electron chi connectivity index (χ0n) is 11.3. The van der Waals surface area contributed by atoms with Gasteiger partial charge in [-0.1, -0.05) is 38.1 Å². The van der Waals surface area contributed by atoms with E-state index in [2.05, 4.69) is 19.2 Å². The second kappa shape index (κ2) is 5.32. The first-order valence-electron chi connectivity index (χ1n) is 6.33. The summed E-state index contributed by atoms with van der Waals surface area (Å²) in [5.74, 6) is -1.37. The Morgan fingerprint density at radius 2 is 1.90 bits per heavy atom. The van der Waals surface area contributed by atoms with Crippen molar-refractivity contribution in [3.8, 4) is 0 Å². The fraction of sp³-hybridized carbons (Fsp3) is 0.357. The highest BCUT2D eigenvalue weighted by atomic mass is 16.4. The van der Waals surface area contributed by atoms with E-state index in [1.807, 2.05) is 12.1 Å². The van der Waals surface area contributed by atoms with Crippen LogP contribution < -0.4 is 5.32 Å². The lowest BCUT2D eigenvalue weighted by Crippen LogP contribution is -2.35. The van der Waals surface area contributed by atoms with Crippen LogP contribution in [0.1, 0.15) is 36.9 Å². The molecule has 1 unspecified atom stereocenters. The molecule has 1 saturated heterocycles. The van der Waals surface area contributed by atoms with Crippen molar-refractivity contribution in [3.05, 3.63) is 35.4 Å². The van der Waals surface area contributed by atoms with Crippen LogP contribution in [0.2, 0.25) is 0 Å². The molecule has 1 aromatic rings. The molecule has 20 heavy (non-hydrogen) atoms. The molecule has 106 valence electrons. The SMILES string of the molecule is CC(C)c1ccc(C2NC(=O)N(CC(=O)O)C2=O)cc1. The Bertz CT molecular complexity index is 551. The van der Waals surface area contributed by atoms with Gasteiger partial charge in [-0.05, 0) is 17.0 Å². The van der Waals surface area contributed by atoms with Crippen molar-refractivity contribution < 1.29 is 19.5 Å². The van der Waals surface area contributed by atoms with Crippen molar-refractivity contribution in [3.63, 3.8) is 0 Å². The predicted octanol–water partition coefficient (Wildman–Crippen LogP) is 1.49. The molecular weight excluding hydrogens is 260 g/mol. The number of amides is 3. The molecule has 0 aromatic heterocycles. The van der Waals surface area contributed by atoms with Crippen LogP contribution in [0, 0.1) is 0 Å². The maximum atomic E-state index is 12.0. The van der Waals surface area contributed by atoms with E-state index in [0.29, 0.717) is 16.4 Å². The summed E-state index contributed by atoms with van der Waals surface area (Å²) in [5.41, 5.74) is 1.79. The number of rotatable bonds is 4. The van der Waals surface area contributed by atoms with E-state index in [1.165, 1.54) is 0 Å². The standard InChI is InChI=1S/C14H16N2O4/c1-8(2)9-3-5-10(6-4-9)12-13(19)16(7-11(17)18)14(20)15-12/h3-6,8,12H,7H2,1-2H3,(H,15,20)(H,17,18). The van der Waals surface area contributed by atoms with Gasteiger partial charge in [0.25, 0.3) is 5.91 Å². The molecule has 1 atom stereocenters. The number of carbonyl (C=O) groups is 3. The van der Waals surface area contributed by atoms with E-state index in [1.54, 1.807) is 12.1 Å². The fourth-order valence-electron chi connectivity index (χ4n) is 2.10. The van der Waals surface area contributed by atoms with Gasteiger partial charge in [-0.15, -0.1) is 0 Å². The third kappa shape index (κ3) is 2.64. The molecule has 0 spiro atoms. The first kappa shape index (κ1) is 14.0. The number of benzene rings is 1. The van der Waals surface area contributed by atoms with Gasteiger partial charge >= 0.3 is 12.0 Å². The van der Waals surface area contributed by atoms with Crippen LogP contribution in [0.25, 0.3) is 0 Å². The summed E-state index contributed by atoms with van der Waals surface area (Å²) in [5, 5.41) is 11.2. The molecule has 1 aromatic carbocycles. The van der Waals surface area contributed by atoms with Crippen molar-refractivity contribution in [2.24, 2.45) is 0 Å². The highest BCUT2D eigenvalue weighted by Crippen LogP contribution is 2.23. The number of aliphatic carboxylic acids is 1. The quantitative estimate of drug-likeness (QED) is 0.816. The van der Waals surface area contributed by atoms with E-state index in [0.717, 1.165) is 5.56 Å². The molecule has 3 amide bonds. The lowest BCUT2D eigenvalue weighted by atomic mass is 9.99. The van der Waals surface area contributed by atoms with Crippen LogP contribution in [0.5, 0.6) is 0 Å². The number of hydrogen-bond acceptors (Lipinski definition) is 3. The molecule has 1 aliphatic heterocycles. The van der Waals surface area contributed by atoms with E-state index in [4.69, 9.17) is 5.11 Å². The lowest BCUT2D eigenvalue weighted by Gasteiger charge is -2.11. The van der Waals surface area contributed by atoms with Gasteiger partial charge in [-0.2, -0.15) is 0 Å². The van der Waals surface area contributed by atoms with Crippen molar-refractivity contribution in [1.29, 1.82) is 0 Å². The van der Waals surface area contributed by atoms with Gasteiger partial charge in [0.05, 0.1) is 0 Å². The molecule has 2 N–H and O–H groups in total. The van der Waals surface area contributed by atoms with Crippen molar-refractivity contribution in [2.45, 2.75) is 25.8 Å². The normalized spacial score (nSPS) is 18.6. The van der Waals surface area contributed by atoms with Crippen LogP contribution >= 0.6 is 0 Å². The first-order chi connectivity index (χ1) is 9.40. The Morgan fingerprint density at radius 3 is 2.40 bits per heavy atom. The number of carboxylic acid groups (broad SMARTS) is 1. The van der Waals surface area contributed by atoms with E-state index >= 15 is 0 Å². The Labute approximate surface area is 116 Å². The van der Waals surface area contributed by atoms with Gasteiger partial charge in [-0.25, -0.2) is 4.79 Å². The van der Waals surface area contributed by atoms with Crippen LogP contribution in [-0.4, -0.2) is 34.5 Å². The Kier molecular flexibility index (Phi) is 3.74. The van der Waals surface area contributed by atoms with Crippen LogP contribution in [0.4, 0.5) is 4.79 Å². The molecule has 1 heterocycles. The Morgan fingerprint density at radius 1 is 1.30 bits per heavy atom. The van der Waals surface area contributed by atoms with Crippen LogP contribution in [0.3, 0.4) is 0 Å². The molecule has 6 nitrogen and oxygen atoms in total. The third-order valence-electron chi connectivity index (χ3n) is 3.26. The number of nitrogens with zero attached hydrogens (tertiary/aromatic N) is 1. The minimum absolute atomic E-state index is 0.376. The summed E-state index contributed by atoms with van der Waals surface area (Å²) < 4.78 is 0. The maximum absolute atomic E-state index is 12.0. The number of carbonyl (C=O) groups excluding carboxylic acids is 2. The largest absolute Gasteiger partial charge is 0.480 e. The van der Waals surface area contributed by atoms with Gasteiger partial charge in [0.15, 0.2) is 0 Å². The minimum atomic E-state index is -1.22. The molecule has 0 radical (unpaired) electrons. The molecule has 2 rings (SSSR count). The second-order valence-corrected chi connectivity index (χ2v) is 5.02. The van der Waals surface area contributed by atoms with Crippen molar-refractivity contribution >= 4 is 17.9 Å². The Hall–Kier alpha value is -2.37. The number of nitrogens with one attached hydrogen (secondary N) is 1. The summed E-state index contributed by atoms with van der Waals surface area (Å²) in [4.78, 5) is 35.0. The molecule has 0 aliphatic carbocycles. The monoisotopic (exact) mass is 276 g/mol. The minimum Gasteiger partial charge on any atom is -0.480 e. The van der Waals surface area contributed by atoms with E-state index in [-0.39, 0.29) is 0 Å². The Balaban J connectivity index is 2.19. The van der Waals surface area contributed by atoms with E-state index in [9.17, 15) is 14.4 Å². The highest BCUT2D eigenvalue weighted by molar-refractivity contribution is 6.06. The van der Waals surface area contributed by atoms with Gasteiger partial charge < -0.3 is 10.4 Å². The summed E-state index contributed by atoms with van der Waals surface area (Å²) in [6, 6.07) is 5.89. The van der Waals surface area contributed by atoms with Crippen molar-refractivity contribution in [2.75, 3.05) is 6.54 Å².